The lowest BCUT2D eigenvalue weighted by Gasteiger charge is -2.20. The second-order valence-electron chi connectivity index (χ2n) is 10.7. The molecule has 1 aliphatic rings. The van der Waals surface area contributed by atoms with E-state index in [1.165, 1.54) is 31.4 Å². The number of rotatable bonds is 6. The lowest BCUT2D eigenvalue weighted by atomic mass is 9.87. The standard InChI is InChI=1S/C32H28FN7O/c33-22-9-4-8-20(15-22)24-10-5-11-26-29(24)38-32(37-26)31-30-27(39-40-31)13-12-25(36-30)21-16-23(18-34-17-21)35-28(41)14-19-6-2-1-3-7-19/h4-5,8-13,15-19H,1-3,6-7,14H2,(H,35,41)(H,37,38)(H,39,40). The number of hydrogen-bond donors (Lipinski definition) is 3. The monoisotopic (exact) mass is 545 g/mol. The number of para-hydroxylation sites is 1. The van der Waals surface area contributed by atoms with Gasteiger partial charge in [-0.15, -0.1) is 0 Å². The number of pyridine rings is 2. The Bertz CT molecular complexity index is 1890. The van der Waals surface area contributed by atoms with Crippen molar-refractivity contribution in [3.05, 3.63) is 78.9 Å². The summed E-state index contributed by atoms with van der Waals surface area (Å²) in [5, 5.41) is 10.6. The number of aromatic nitrogens is 6. The minimum Gasteiger partial charge on any atom is -0.336 e. The molecule has 0 aliphatic heterocycles. The number of benzene rings is 2. The van der Waals surface area contributed by atoms with E-state index in [0.29, 0.717) is 40.8 Å². The summed E-state index contributed by atoms with van der Waals surface area (Å²) in [4.78, 5) is 30.1. The Morgan fingerprint density at radius 2 is 1.78 bits per heavy atom. The number of nitrogens with one attached hydrogen (secondary N) is 3. The summed E-state index contributed by atoms with van der Waals surface area (Å²) in [6, 6.07) is 18.0. The fourth-order valence-corrected chi connectivity index (χ4v) is 5.77. The summed E-state index contributed by atoms with van der Waals surface area (Å²) in [6.07, 6.45) is 9.88. The number of hydrogen-bond acceptors (Lipinski definition) is 5. The van der Waals surface area contributed by atoms with Crippen LogP contribution in [0.4, 0.5) is 10.1 Å². The molecule has 41 heavy (non-hydrogen) atoms. The van der Waals surface area contributed by atoms with Gasteiger partial charge in [0.15, 0.2) is 11.5 Å². The number of nitrogens with zero attached hydrogens (tertiary/aromatic N) is 4. The first-order chi connectivity index (χ1) is 20.1. The normalized spacial score (nSPS) is 14.1. The van der Waals surface area contributed by atoms with Gasteiger partial charge in [-0.25, -0.2) is 14.4 Å². The highest BCUT2D eigenvalue weighted by atomic mass is 19.1. The van der Waals surface area contributed by atoms with Crippen molar-refractivity contribution in [1.82, 2.24) is 30.1 Å². The third-order valence-electron chi connectivity index (χ3n) is 7.80. The quantitative estimate of drug-likeness (QED) is 0.204. The van der Waals surface area contributed by atoms with Crippen molar-refractivity contribution in [1.29, 1.82) is 0 Å². The molecule has 8 nitrogen and oxygen atoms in total. The summed E-state index contributed by atoms with van der Waals surface area (Å²) in [5.41, 5.74) is 7.25. The lowest BCUT2D eigenvalue weighted by molar-refractivity contribution is -0.117. The van der Waals surface area contributed by atoms with E-state index in [9.17, 15) is 9.18 Å². The zero-order valence-electron chi connectivity index (χ0n) is 22.3. The predicted octanol–water partition coefficient (Wildman–Crippen LogP) is 7.28. The Labute approximate surface area is 235 Å². The maximum atomic E-state index is 13.9. The van der Waals surface area contributed by atoms with Crippen LogP contribution in [0.3, 0.4) is 0 Å². The van der Waals surface area contributed by atoms with Crippen molar-refractivity contribution in [3.8, 4) is 33.9 Å². The Morgan fingerprint density at radius 1 is 0.902 bits per heavy atom. The summed E-state index contributed by atoms with van der Waals surface area (Å²) in [7, 11) is 0. The highest BCUT2D eigenvalue weighted by molar-refractivity contribution is 5.96. The zero-order valence-corrected chi connectivity index (χ0v) is 22.3. The predicted molar refractivity (Wildman–Crippen MR) is 157 cm³/mol. The van der Waals surface area contributed by atoms with Gasteiger partial charge in [-0.2, -0.15) is 5.10 Å². The molecule has 4 aromatic heterocycles. The van der Waals surface area contributed by atoms with Gasteiger partial charge in [0.2, 0.25) is 5.91 Å². The summed E-state index contributed by atoms with van der Waals surface area (Å²) in [6.45, 7) is 0. The Kier molecular flexibility index (Phi) is 6.47. The Balaban J connectivity index is 1.19. The first-order valence-corrected chi connectivity index (χ1v) is 14.0. The fourth-order valence-electron chi connectivity index (χ4n) is 5.77. The fraction of sp³-hybridized carbons (Fsp3) is 0.219. The highest BCUT2D eigenvalue weighted by Crippen LogP contribution is 2.32. The van der Waals surface area contributed by atoms with Gasteiger partial charge in [-0.05, 0) is 60.7 Å². The average Bonchev–Trinajstić information content (AvgIpc) is 3.61. The van der Waals surface area contributed by atoms with Gasteiger partial charge < -0.3 is 10.3 Å². The molecule has 1 saturated carbocycles. The number of carbonyl (C=O) groups excluding carboxylic acids is 1. The lowest BCUT2D eigenvalue weighted by Crippen LogP contribution is -2.18. The van der Waals surface area contributed by atoms with Crippen molar-refractivity contribution in [2.45, 2.75) is 38.5 Å². The molecule has 0 unspecified atom stereocenters. The summed E-state index contributed by atoms with van der Waals surface area (Å²) >= 11 is 0. The van der Waals surface area contributed by atoms with Gasteiger partial charge in [0.25, 0.3) is 0 Å². The van der Waals surface area contributed by atoms with Crippen LogP contribution in [0.5, 0.6) is 0 Å². The zero-order chi connectivity index (χ0) is 27.8. The van der Waals surface area contributed by atoms with Crippen molar-refractivity contribution in [2.75, 3.05) is 5.32 Å². The Hall–Kier alpha value is -4.92. The van der Waals surface area contributed by atoms with Crippen LogP contribution in [0.25, 0.3) is 56.0 Å². The van der Waals surface area contributed by atoms with E-state index in [2.05, 4.69) is 25.5 Å². The van der Waals surface area contributed by atoms with E-state index in [0.717, 1.165) is 46.1 Å². The molecule has 0 spiro atoms. The molecular weight excluding hydrogens is 517 g/mol. The van der Waals surface area contributed by atoms with Crippen molar-refractivity contribution in [3.63, 3.8) is 0 Å². The van der Waals surface area contributed by atoms with Gasteiger partial charge in [0, 0.05) is 23.7 Å². The van der Waals surface area contributed by atoms with Gasteiger partial charge in [0.05, 0.1) is 34.1 Å². The molecule has 1 fully saturated rings. The molecule has 204 valence electrons. The number of halogens is 1. The second kappa shape index (κ2) is 10.6. The van der Waals surface area contributed by atoms with Gasteiger partial charge >= 0.3 is 0 Å². The van der Waals surface area contributed by atoms with Crippen LogP contribution in [0.15, 0.2) is 73.1 Å². The average molecular weight is 546 g/mol. The van der Waals surface area contributed by atoms with E-state index in [1.54, 1.807) is 18.5 Å². The van der Waals surface area contributed by atoms with Gasteiger partial charge in [0.1, 0.15) is 11.3 Å². The first kappa shape index (κ1) is 25.1. The molecule has 1 aliphatic carbocycles. The van der Waals surface area contributed by atoms with Crippen LogP contribution in [-0.4, -0.2) is 36.0 Å². The number of imidazole rings is 1. The SMILES string of the molecule is O=C(CC1CCCCC1)Nc1cncc(-c2ccc3[nH]nc(-c4nc5c(-c6cccc(F)c6)cccc5[nH]4)c3n2)c1. The molecule has 6 aromatic rings. The van der Waals surface area contributed by atoms with Crippen molar-refractivity contribution < 1.29 is 9.18 Å². The second-order valence-corrected chi connectivity index (χ2v) is 10.7. The summed E-state index contributed by atoms with van der Waals surface area (Å²) < 4.78 is 13.9. The molecule has 0 atom stereocenters. The van der Waals surface area contributed by atoms with Crippen molar-refractivity contribution in [2.24, 2.45) is 5.92 Å². The maximum absolute atomic E-state index is 13.9. The van der Waals surface area contributed by atoms with Gasteiger partial charge in [-0.3, -0.25) is 14.9 Å². The smallest absolute Gasteiger partial charge is 0.224 e. The highest BCUT2D eigenvalue weighted by Gasteiger charge is 2.19. The number of amides is 1. The van der Waals surface area contributed by atoms with Crippen LogP contribution in [-0.2, 0) is 4.79 Å². The molecule has 1 amide bonds. The summed E-state index contributed by atoms with van der Waals surface area (Å²) in [5.74, 6) is 0.750. The molecule has 7 rings (SSSR count). The van der Waals surface area contributed by atoms with Crippen LogP contribution in [0.1, 0.15) is 38.5 Å². The molecule has 9 heteroatoms. The van der Waals surface area contributed by atoms with Crippen LogP contribution >= 0.6 is 0 Å². The van der Waals surface area contributed by atoms with E-state index < -0.39 is 0 Å². The molecule has 0 saturated heterocycles. The van der Waals surface area contributed by atoms with Crippen molar-refractivity contribution >= 4 is 33.7 Å². The molecular formula is C32H28FN7O. The number of carbonyl (C=O) groups is 1. The molecule has 0 bridgehead atoms. The minimum atomic E-state index is -0.298. The molecule has 3 N–H and O–H groups in total. The maximum Gasteiger partial charge on any atom is 0.224 e. The molecule has 2 aromatic carbocycles. The molecule has 4 heterocycles. The van der Waals surface area contributed by atoms with E-state index in [1.807, 2.05) is 42.5 Å². The Morgan fingerprint density at radius 3 is 2.66 bits per heavy atom. The number of fused-ring (bicyclic) bond motifs is 2. The largest absolute Gasteiger partial charge is 0.336 e. The van der Waals surface area contributed by atoms with Crippen LogP contribution in [0.2, 0.25) is 0 Å². The minimum absolute atomic E-state index is 0.0267. The number of anilines is 1. The van der Waals surface area contributed by atoms with E-state index in [-0.39, 0.29) is 11.7 Å². The molecule has 0 radical (unpaired) electrons. The van der Waals surface area contributed by atoms with E-state index in [4.69, 9.17) is 9.97 Å². The number of aromatic amines is 2. The topological polar surface area (TPSA) is 112 Å². The van der Waals surface area contributed by atoms with Gasteiger partial charge in [-0.1, -0.05) is 43.5 Å². The van der Waals surface area contributed by atoms with Crippen LogP contribution < -0.4 is 5.32 Å². The third kappa shape index (κ3) is 5.06. The third-order valence-corrected chi connectivity index (χ3v) is 7.80. The first-order valence-electron chi connectivity index (χ1n) is 14.0. The number of H-pyrrole nitrogens is 2. The van der Waals surface area contributed by atoms with Crippen LogP contribution in [0, 0.1) is 11.7 Å². The van der Waals surface area contributed by atoms with E-state index >= 15 is 0 Å².